The van der Waals surface area contributed by atoms with Crippen molar-refractivity contribution in [3.05, 3.63) is 71.8 Å². The number of methoxy groups -OCH3 is 1. The van der Waals surface area contributed by atoms with E-state index in [1.807, 2.05) is 35.2 Å². The Morgan fingerprint density at radius 3 is 2.52 bits per heavy atom. The van der Waals surface area contributed by atoms with Gasteiger partial charge in [0.25, 0.3) is 0 Å². The molecule has 0 unspecified atom stereocenters. The van der Waals surface area contributed by atoms with E-state index < -0.39 is 11.7 Å². The van der Waals surface area contributed by atoms with E-state index in [4.69, 9.17) is 4.74 Å². The standard InChI is InChI=1S/C31H36F3N3O3/c1-40-30(39)12-10-23-20-35(21-27-26-8-3-2-5-22(26)9-11-29(27)38)14-13-28(23)37-17-15-36(16-18-37)25-7-4-6-24(19-25)31(32,33)34/h2-9,11,19,23,28,38H,10,12-18,20-21H2,1H3/t23-,28+/m1/s1. The number of piperidine rings is 1. The number of nitrogens with zero attached hydrogens (tertiary/aromatic N) is 3. The molecule has 0 amide bonds. The molecule has 2 heterocycles. The average molecular weight is 556 g/mol. The summed E-state index contributed by atoms with van der Waals surface area (Å²) < 4.78 is 44.6. The fourth-order valence-electron chi connectivity index (χ4n) is 6.31. The molecule has 0 saturated carbocycles. The van der Waals surface area contributed by atoms with Gasteiger partial charge in [-0.1, -0.05) is 36.4 Å². The van der Waals surface area contributed by atoms with Gasteiger partial charge in [-0.2, -0.15) is 13.2 Å². The normalized spacial score (nSPS) is 21.1. The number of phenolic OH excluding ortho intramolecular Hbond substituents is 1. The van der Waals surface area contributed by atoms with Gasteiger partial charge in [-0.3, -0.25) is 14.6 Å². The minimum Gasteiger partial charge on any atom is -0.508 e. The van der Waals surface area contributed by atoms with Crippen LogP contribution >= 0.6 is 0 Å². The van der Waals surface area contributed by atoms with Crippen LogP contribution in [0.4, 0.5) is 18.9 Å². The second-order valence-electron chi connectivity index (χ2n) is 10.8. The van der Waals surface area contributed by atoms with Gasteiger partial charge in [-0.05, 0) is 60.3 Å². The number of carbonyl (C=O) groups is 1. The first-order valence-corrected chi connectivity index (χ1v) is 13.9. The van der Waals surface area contributed by atoms with E-state index in [-0.39, 0.29) is 23.7 Å². The van der Waals surface area contributed by atoms with Gasteiger partial charge in [0.05, 0.1) is 12.7 Å². The van der Waals surface area contributed by atoms with E-state index in [0.29, 0.717) is 38.2 Å². The number of fused-ring (bicyclic) bond motifs is 1. The number of phenols is 1. The molecule has 2 saturated heterocycles. The number of anilines is 1. The molecule has 0 bridgehead atoms. The Bertz CT molecular complexity index is 1320. The summed E-state index contributed by atoms with van der Waals surface area (Å²) in [4.78, 5) is 18.9. The number of aromatic hydroxyl groups is 1. The maximum Gasteiger partial charge on any atom is 0.416 e. The number of ether oxygens (including phenoxy) is 1. The molecular formula is C31H36F3N3O3. The fourth-order valence-corrected chi connectivity index (χ4v) is 6.31. The highest BCUT2D eigenvalue weighted by molar-refractivity contribution is 5.87. The van der Waals surface area contributed by atoms with Gasteiger partial charge in [0.1, 0.15) is 5.75 Å². The minimum absolute atomic E-state index is 0.225. The highest BCUT2D eigenvalue weighted by Gasteiger charge is 2.36. The first-order chi connectivity index (χ1) is 19.2. The lowest BCUT2D eigenvalue weighted by Gasteiger charge is -2.47. The lowest BCUT2D eigenvalue weighted by Crippen LogP contribution is -2.56. The van der Waals surface area contributed by atoms with Crippen molar-refractivity contribution >= 4 is 22.4 Å². The van der Waals surface area contributed by atoms with Crippen molar-refractivity contribution in [1.29, 1.82) is 0 Å². The Balaban J connectivity index is 1.27. The number of benzene rings is 3. The maximum atomic E-state index is 13.2. The molecule has 2 aliphatic rings. The van der Waals surface area contributed by atoms with Crippen LogP contribution in [-0.4, -0.2) is 73.3 Å². The summed E-state index contributed by atoms with van der Waals surface area (Å²) in [6.07, 6.45) is -2.40. The zero-order valence-electron chi connectivity index (χ0n) is 22.7. The molecule has 0 aliphatic carbocycles. The van der Waals surface area contributed by atoms with Gasteiger partial charge < -0.3 is 14.7 Å². The van der Waals surface area contributed by atoms with E-state index in [1.54, 1.807) is 12.1 Å². The summed E-state index contributed by atoms with van der Waals surface area (Å²) in [7, 11) is 1.41. The molecule has 3 aromatic rings. The van der Waals surface area contributed by atoms with Crippen LogP contribution in [0.1, 0.15) is 30.4 Å². The van der Waals surface area contributed by atoms with Gasteiger partial charge in [0, 0.05) is 63.0 Å². The summed E-state index contributed by atoms with van der Waals surface area (Å²) in [5.41, 5.74) is 0.888. The average Bonchev–Trinajstić information content (AvgIpc) is 2.97. The second-order valence-corrected chi connectivity index (χ2v) is 10.8. The minimum atomic E-state index is -4.36. The van der Waals surface area contributed by atoms with Crippen LogP contribution in [0.3, 0.4) is 0 Å². The predicted octanol–water partition coefficient (Wildman–Crippen LogP) is 5.53. The molecule has 3 aromatic carbocycles. The van der Waals surface area contributed by atoms with Crippen molar-refractivity contribution in [1.82, 2.24) is 9.80 Å². The smallest absolute Gasteiger partial charge is 0.416 e. The van der Waals surface area contributed by atoms with Gasteiger partial charge in [0.2, 0.25) is 0 Å². The highest BCUT2D eigenvalue weighted by atomic mass is 19.4. The summed E-state index contributed by atoms with van der Waals surface area (Å²) in [5, 5.41) is 12.8. The van der Waals surface area contributed by atoms with E-state index in [1.165, 1.54) is 19.2 Å². The zero-order valence-corrected chi connectivity index (χ0v) is 22.7. The molecule has 2 aliphatic heterocycles. The Kier molecular flexibility index (Phi) is 8.51. The van der Waals surface area contributed by atoms with E-state index in [0.717, 1.165) is 55.0 Å². The largest absolute Gasteiger partial charge is 0.508 e. The summed E-state index contributed by atoms with van der Waals surface area (Å²) in [6.45, 7) is 5.07. The van der Waals surface area contributed by atoms with E-state index in [2.05, 4.69) is 9.80 Å². The maximum absolute atomic E-state index is 13.2. The topological polar surface area (TPSA) is 56.2 Å². The third-order valence-corrected chi connectivity index (χ3v) is 8.44. The molecular weight excluding hydrogens is 519 g/mol. The first kappa shape index (κ1) is 28.2. The number of hydrogen-bond acceptors (Lipinski definition) is 6. The molecule has 0 aromatic heterocycles. The van der Waals surface area contributed by atoms with Crippen LogP contribution in [0.25, 0.3) is 10.8 Å². The first-order valence-electron chi connectivity index (χ1n) is 13.9. The Labute approximate surface area is 232 Å². The molecule has 214 valence electrons. The quantitative estimate of drug-likeness (QED) is 0.387. The van der Waals surface area contributed by atoms with Crippen molar-refractivity contribution in [2.24, 2.45) is 5.92 Å². The number of hydrogen-bond donors (Lipinski definition) is 1. The van der Waals surface area contributed by atoms with Crippen LogP contribution in [0, 0.1) is 5.92 Å². The predicted molar refractivity (Wildman–Crippen MR) is 149 cm³/mol. The molecule has 0 spiro atoms. The number of piperazine rings is 1. The van der Waals surface area contributed by atoms with Crippen molar-refractivity contribution in [3.8, 4) is 5.75 Å². The van der Waals surface area contributed by atoms with Gasteiger partial charge in [-0.15, -0.1) is 0 Å². The number of esters is 1. The Hall–Kier alpha value is -3.30. The zero-order chi connectivity index (χ0) is 28.3. The molecule has 40 heavy (non-hydrogen) atoms. The summed E-state index contributed by atoms with van der Waals surface area (Å²) in [6, 6.07) is 17.6. The van der Waals surface area contributed by atoms with Crippen molar-refractivity contribution in [2.45, 2.75) is 38.0 Å². The van der Waals surface area contributed by atoms with Crippen molar-refractivity contribution in [2.75, 3.05) is 51.3 Å². The van der Waals surface area contributed by atoms with Gasteiger partial charge in [-0.25, -0.2) is 0 Å². The number of rotatable bonds is 7. The SMILES string of the molecule is COC(=O)CC[C@@H]1CN(Cc2c(O)ccc3ccccc23)CC[C@@H]1N1CCN(c2cccc(C(F)(F)F)c2)CC1. The molecule has 0 radical (unpaired) electrons. The van der Waals surface area contributed by atoms with Crippen LogP contribution < -0.4 is 4.90 Å². The van der Waals surface area contributed by atoms with Gasteiger partial charge in [0.15, 0.2) is 0 Å². The van der Waals surface area contributed by atoms with E-state index in [9.17, 15) is 23.1 Å². The number of likely N-dealkylation sites (tertiary alicyclic amines) is 1. The molecule has 9 heteroatoms. The van der Waals surface area contributed by atoms with Crippen molar-refractivity contribution < 1.29 is 27.8 Å². The Morgan fingerprint density at radius 2 is 1.77 bits per heavy atom. The molecule has 2 fully saturated rings. The molecule has 1 N–H and O–H groups in total. The lowest BCUT2D eigenvalue weighted by molar-refractivity contribution is -0.141. The van der Waals surface area contributed by atoms with Crippen LogP contribution in [-0.2, 0) is 22.3 Å². The number of alkyl halides is 3. The summed E-state index contributed by atoms with van der Waals surface area (Å²) >= 11 is 0. The second kappa shape index (κ2) is 12.1. The summed E-state index contributed by atoms with van der Waals surface area (Å²) in [5.74, 6) is 0.291. The molecule has 5 rings (SSSR count). The molecule has 2 atom stereocenters. The lowest BCUT2D eigenvalue weighted by atomic mass is 9.86. The van der Waals surface area contributed by atoms with Crippen LogP contribution in [0.15, 0.2) is 60.7 Å². The van der Waals surface area contributed by atoms with Crippen LogP contribution in [0.5, 0.6) is 5.75 Å². The van der Waals surface area contributed by atoms with Gasteiger partial charge >= 0.3 is 12.1 Å². The fraction of sp³-hybridized carbons (Fsp3) is 0.452. The Morgan fingerprint density at radius 1 is 1.00 bits per heavy atom. The monoisotopic (exact) mass is 555 g/mol. The number of carbonyl (C=O) groups excluding carboxylic acids is 1. The van der Waals surface area contributed by atoms with Crippen LogP contribution in [0.2, 0.25) is 0 Å². The third kappa shape index (κ3) is 6.36. The highest BCUT2D eigenvalue weighted by Crippen LogP contribution is 2.34. The third-order valence-electron chi connectivity index (χ3n) is 8.44. The number of halogens is 3. The molecule has 6 nitrogen and oxygen atoms in total. The van der Waals surface area contributed by atoms with E-state index >= 15 is 0 Å². The van der Waals surface area contributed by atoms with Crippen molar-refractivity contribution in [3.63, 3.8) is 0 Å².